The van der Waals surface area contributed by atoms with Gasteiger partial charge in [0.2, 0.25) is 0 Å². The van der Waals surface area contributed by atoms with E-state index in [2.05, 4.69) is 10.2 Å². The molecule has 3 rings (SSSR count). The highest BCUT2D eigenvalue weighted by Crippen LogP contribution is 2.28. The van der Waals surface area contributed by atoms with Crippen LogP contribution in [0.5, 0.6) is 5.75 Å². The second-order valence-electron chi connectivity index (χ2n) is 5.95. The number of nitrogens with one attached hydrogen (secondary N) is 1. The Balaban J connectivity index is 1.53. The van der Waals surface area contributed by atoms with Crippen molar-refractivity contribution in [3.8, 4) is 5.75 Å². The van der Waals surface area contributed by atoms with Crippen LogP contribution in [0.4, 0.5) is 10.5 Å². The number of methoxy groups -OCH3 is 1. The average molecular weight is 372 g/mol. The quantitative estimate of drug-likeness (QED) is 0.887. The van der Waals surface area contributed by atoms with Gasteiger partial charge in [0.05, 0.1) is 12.8 Å². The number of rotatable bonds is 4. The summed E-state index contributed by atoms with van der Waals surface area (Å²) in [5.74, 6) is 0.855. The van der Waals surface area contributed by atoms with Gasteiger partial charge in [-0.3, -0.25) is 0 Å². The van der Waals surface area contributed by atoms with Gasteiger partial charge in [0.1, 0.15) is 5.75 Å². The molecule has 5 nitrogen and oxygen atoms in total. The fourth-order valence-corrected chi connectivity index (χ4v) is 3.14. The molecule has 2 aromatic carbocycles. The Morgan fingerprint density at radius 2 is 1.77 bits per heavy atom. The highest BCUT2D eigenvalue weighted by Gasteiger charge is 2.22. The second-order valence-corrected chi connectivity index (χ2v) is 6.36. The lowest BCUT2D eigenvalue weighted by atomic mass is 10.2. The summed E-state index contributed by atoms with van der Waals surface area (Å²) in [6, 6.07) is 15.3. The minimum atomic E-state index is -0.104. The summed E-state index contributed by atoms with van der Waals surface area (Å²) in [6.45, 7) is 2.84. The second kappa shape index (κ2) is 8.63. The molecule has 1 aliphatic rings. The molecule has 1 heterocycles. The van der Waals surface area contributed by atoms with Crippen molar-refractivity contribution in [2.24, 2.45) is 0 Å². The van der Waals surface area contributed by atoms with Gasteiger partial charge in [-0.1, -0.05) is 41.9 Å². The highest BCUT2D eigenvalue weighted by molar-refractivity contribution is 6.32. The van der Waals surface area contributed by atoms with Gasteiger partial charge in [0.25, 0.3) is 0 Å². The van der Waals surface area contributed by atoms with Crippen molar-refractivity contribution < 1.29 is 9.53 Å². The predicted molar refractivity (Wildman–Crippen MR) is 106 cm³/mol. The molecule has 1 fully saturated rings. The average Bonchev–Trinajstić information content (AvgIpc) is 2.69. The zero-order valence-electron chi connectivity index (χ0n) is 14.7. The van der Waals surface area contributed by atoms with Gasteiger partial charge in [0, 0.05) is 37.4 Å². The third-order valence-electron chi connectivity index (χ3n) is 4.37. The number of carbonyl (C=O) groups is 1. The van der Waals surface area contributed by atoms with Crippen molar-refractivity contribution in [1.29, 1.82) is 0 Å². The van der Waals surface area contributed by atoms with Gasteiger partial charge in [-0.2, -0.15) is 0 Å². The summed E-state index contributed by atoms with van der Waals surface area (Å²) in [7, 11) is 1.67. The molecule has 26 heavy (non-hydrogen) atoms. The number of anilines is 1. The first-order valence-corrected chi connectivity index (χ1v) is 8.91. The van der Waals surface area contributed by atoms with Crippen LogP contribution in [0, 0.1) is 0 Å². The molecule has 0 radical (unpaired) electrons. The number of ether oxygens (including phenoxy) is 1. The van der Waals surface area contributed by atoms with Crippen molar-refractivity contribution >= 4 is 29.4 Å². The van der Waals surface area contributed by atoms with Crippen molar-refractivity contribution in [1.82, 2.24) is 10.2 Å². The number of benzene rings is 2. The predicted octanol–water partition coefficient (Wildman–Crippen LogP) is 3.85. The molecule has 1 N–H and O–H groups in total. The number of amides is 2. The number of halogens is 1. The summed E-state index contributed by atoms with van der Waals surface area (Å²) in [5.41, 5.74) is 1.93. The van der Waals surface area contributed by atoms with Crippen molar-refractivity contribution in [3.63, 3.8) is 0 Å². The number of hydrogen-bond acceptors (Lipinski definition) is 3. The maximum absolute atomic E-state index is 12.3. The van der Waals surface area contributed by atoms with Gasteiger partial charge < -0.3 is 19.9 Å². The number of piperazine rings is 1. The monoisotopic (exact) mass is 371 g/mol. The van der Waals surface area contributed by atoms with Gasteiger partial charge in [-0.25, -0.2) is 4.79 Å². The van der Waals surface area contributed by atoms with Crippen molar-refractivity contribution in [3.05, 3.63) is 65.3 Å². The van der Waals surface area contributed by atoms with Gasteiger partial charge >= 0.3 is 6.03 Å². The van der Waals surface area contributed by atoms with Crippen LogP contribution < -0.4 is 15.0 Å². The molecular formula is C20H22ClN3O2. The van der Waals surface area contributed by atoms with Crippen molar-refractivity contribution in [2.45, 2.75) is 0 Å². The van der Waals surface area contributed by atoms with E-state index in [0.717, 1.165) is 30.1 Å². The van der Waals surface area contributed by atoms with E-state index in [9.17, 15) is 4.79 Å². The molecule has 0 unspecified atom stereocenters. The minimum Gasteiger partial charge on any atom is -0.495 e. The Bertz CT molecular complexity index is 786. The van der Waals surface area contributed by atoms with Gasteiger partial charge in [-0.05, 0) is 29.8 Å². The van der Waals surface area contributed by atoms with E-state index in [1.165, 1.54) is 0 Å². The first-order valence-electron chi connectivity index (χ1n) is 8.53. The first-order chi connectivity index (χ1) is 12.7. The lowest BCUT2D eigenvalue weighted by molar-refractivity contribution is 0.198. The maximum Gasteiger partial charge on any atom is 0.321 e. The maximum atomic E-state index is 12.3. The molecule has 0 aromatic heterocycles. The van der Waals surface area contributed by atoms with E-state index < -0.39 is 0 Å². The fraction of sp³-hybridized carbons (Fsp3) is 0.250. The SMILES string of the molecule is COc1ccccc1N1CCN(C(=O)N/C=C/c2ccccc2Cl)CC1. The van der Waals surface area contributed by atoms with Crippen LogP contribution in [-0.2, 0) is 0 Å². The van der Waals surface area contributed by atoms with E-state index in [0.29, 0.717) is 18.1 Å². The lowest BCUT2D eigenvalue weighted by Gasteiger charge is -2.36. The van der Waals surface area contributed by atoms with E-state index in [4.69, 9.17) is 16.3 Å². The summed E-state index contributed by atoms with van der Waals surface area (Å²) >= 11 is 6.10. The molecule has 2 aromatic rings. The van der Waals surface area contributed by atoms with E-state index >= 15 is 0 Å². The minimum absolute atomic E-state index is 0.104. The van der Waals surface area contributed by atoms with Crippen LogP contribution >= 0.6 is 11.6 Å². The molecule has 1 aliphatic heterocycles. The van der Waals surface area contributed by atoms with Crippen LogP contribution in [0.3, 0.4) is 0 Å². The Kier molecular flexibility index (Phi) is 6.02. The number of hydrogen-bond donors (Lipinski definition) is 1. The highest BCUT2D eigenvalue weighted by atomic mass is 35.5. The largest absolute Gasteiger partial charge is 0.495 e. The molecule has 0 bridgehead atoms. The standard InChI is InChI=1S/C20H22ClN3O2/c1-26-19-9-5-4-8-18(19)23-12-14-24(15-13-23)20(25)22-11-10-16-6-2-3-7-17(16)21/h2-11H,12-15H2,1H3,(H,22,25)/b11-10+. The zero-order valence-corrected chi connectivity index (χ0v) is 15.4. The number of nitrogens with zero attached hydrogens (tertiary/aromatic N) is 2. The molecule has 1 saturated heterocycles. The molecule has 0 spiro atoms. The van der Waals surface area contributed by atoms with E-state index in [1.807, 2.05) is 53.4 Å². The zero-order chi connectivity index (χ0) is 18.4. The lowest BCUT2D eigenvalue weighted by Crippen LogP contribution is -2.51. The normalized spacial score (nSPS) is 14.5. The molecular weight excluding hydrogens is 350 g/mol. The Labute approximate surface area is 158 Å². The molecule has 0 aliphatic carbocycles. The first kappa shape index (κ1) is 18.1. The molecule has 0 atom stereocenters. The molecule has 6 heteroatoms. The topological polar surface area (TPSA) is 44.8 Å². The van der Waals surface area contributed by atoms with Crippen LogP contribution in [-0.4, -0.2) is 44.2 Å². The number of urea groups is 1. The Morgan fingerprint density at radius 1 is 1.08 bits per heavy atom. The third kappa shape index (κ3) is 4.29. The van der Waals surface area contributed by atoms with Crippen LogP contribution in [0.25, 0.3) is 6.08 Å². The number of para-hydroxylation sites is 2. The van der Waals surface area contributed by atoms with Crippen LogP contribution in [0.15, 0.2) is 54.7 Å². The Hall–Kier alpha value is -2.66. The van der Waals surface area contributed by atoms with Gasteiger partial charge in [0.15, 0.2) is 0 Å². The summed E-state index contributed by atoms with van der Waals surface area (Å²) < 4.78 is 5.42. The van der Waals surface area contributed by atoms with E-state index in [1.54, 1.807) is 19.4 Å². The molecule has 136 valence electrons. The summed E-state index contributed by atoms with van der Waals surface area (Å²) in [5, 5.41) is 3.47. The van der Waals surface area contributed by atoms with Crippen LogP contribution in [0.1, 0.15) is 5.56 Å². The summed E-state index contributed by atoms with van der Waals surface area (Å²) in [6.07, 6.45) is 3.43. The molecule has 0 saturated carbocycles. The van der Waals surface area contributed by atoms with Gasteiger partial charge in [-0.15, -0.1) is 0 Å². The van der Waals surface area contributed by atoms with E-state index in [-0.39, 0.29) is 6.03 Å². The number of carbonyl (C=O) groups excluding carboxylic acids is 1. The Morgan fingerprint density at radius 3 is 2.50 bits per heavy atom. The van der Waals surface area contributed by atoms with Crippen molar-refractivity contribution in [2.75, 3.05) is 38.2 Å². The fourth-order valence-electron chi connectivity index (χ4n) is 2.95. The summed E-state index contributed by atoms with van der Waals surface area (Å²) in [4.78, 5) is 16.4. The van der Waals surface area contributed by atoms with Crippen LogP contribution in [0.2, 0.25) is 5.02 Å². The third-order valence-corrected chi connectivity index (χ3v) is 4.71. The smallest absolute Gasteiger partial charge is 0.321 e. The molecule has 2 amide bonds.